The first-order chi connectivity index (χ1) is 16.1. The van der Waals surface area contributed by atoms with E-state index in [1.54, 1.807) is 19.1 Å². The van der Waals surface area contributed by atoms with Gasteiger partial charge >= 0.3 is 0 Å². The fourth-order valence-electron chi connectivity index (χ4n) is 4.54. The SMILES string of the molecule is [B]C1C(O)C(NC(=O)/C=C(C)/C=C/C=C(C)/C=C/C2=C(C)C(C)(O)CCC2(C)C)C(O)C(O)C1F. The van der Waals surface area contributed by atoms with Gasteiger partial charge in [0.05, 0.1) is 25.6 Å². The molecule has 2 aliphatic rings. The van der Waals surface area contributed by atoms with E-state index in [4.69, 9.17) is 7.85 Å². The second kappa shape index (κ2) is 11.4. The standard InChI is InChI=1S/C27H39BFNO5/c1-15(10-11-18-17(3)27(6,35)13-12-26(18,4)5)8-7-9-16(2)14-19(31)30-22-23(32)20(28)21(29)24(33)25(22)34/h7-11,14,20-25,32-35H,12-13H2,1-6H3,(H,30,31)/b9-7+,11-10+,15-8+,16-14+. The molecule has 0 saturated heterocycles. The number of nitrogens with one attached hydrogen (secondary N) is 1. The van der Waals surface area contributed by atoms with Crippen molar-refractivity contribution in [2.45, 2.75) is 96.3 Å². The Hall–Kier alpha value is -2.00. The minimum Gasteiger partial charge on any atom is -0.391 e. The summed E-state index contributed by atoms with van der Waals surface area (Å²) in [5.41, 5.74) is 2.89. The average molecular weight is 487 g/mol. The van der Waals surface area contributed by atoms with E-state index in [1.165, 1.54) is 6.08 Å². The predicted molar refractivity (Wildman–Crippen MR) is 136 cm³/mol. The molecule has 6 nitrogen and oxygen atoms in total. The van der Waals surface area contributed by atoms with E-state index in [0.717, 1.165) is 29.6 Å². The topological polar surface area (TPSA) is 110 Å². The third-order valence-electron chi connectivity index (χ3n) is 7.25. The lowest BCUT2D eigenvalue weighted by atomic mass is 9.67. The molecule has 0 spiro atoms. The molecule has 5 N–H and O–H groups in total. The number of alkyl halides is 1. The second-order valence-corrected chi connectivity index (χ2v) is 10.7. The summed E-state index contributed by atoms with van der Waals surface area (Å²) in [6.45, 7) is 11.9. The number of amides is 1. The molecule has 2 aliphatic carbocycles. The van der Waals surface area contributed by atoms with Gasteiger partial charge in [-0.15, -0.1) is 0 Å². The first-order valence-electron chi connectivity index (χ1n) is 12.0. The van der Waals surface area contributed by atoms with E-state index in [1.807, 2.05) is 32.9 Å². The van der Waals surface area contributed by atoms with E-state index in [9.17, 15) is 29.6 Å². The highest BCUT2D eigenvalue weighted by Crippen LogP contribution is 2.45. The minimum atomic E-state index is -1.99. The van der Waals surface area contributed by atoms with Gasteiger partial charge in [0.15, 0.2) is 0 Å². The summed E-state index contributed by atoms with van der Waals surface area (Å²) in [6.07, 6.45) is 5.37. The van der Waals surface area contributed by atoms with E-state index in [2.05, 4.69) is 25.2 Å². The van der Waals surface area contributed by atoms with Crippen molar-refractivity contribution in [1.82, 2.24) is 5.32 Å². The fraction of sp³-hybridized carbons (Fsp3) is 0.593. The van der Waals surface area contributed by atoms with Crippen LogP contribution in [0.15, 0.2) is 58.7 Å². The number of carbonyl (C=O) groups excluding carboxylic acids is 1. The van der Waals surface area contributed by atoms with Crippen LogP contribution in [0.25, 0.3) is 0 Å². The third-order valence-corrected chi connectivity index (χ3v) is 7.25. The molecule has 0 aromatic heterocycles. The average Bonchev–Trinajstić information content (AvgIpc) is 2.77. The summed E-state index contributed by atoms with van der Waals surface area (Å²) in [7, 11) is 5.54. The quantitative estimate of drug-likeness (QED) is 0.225. The molecule has 192 valence electrons. The molecule has 0 aromatic carbocycles. The molecule has 1 fully saturated rings. The van der Waals surface area contributed by atoms with Gasteiger partial charge in [0.2, 0.25) is 5.91 Å². The van der Waals surface area contributed by atoms with Crippen LogP contribution in [0, 0.1) is 5.41 Å². The number of hydrogen-bond donors (Lipinski definition) is 5. The molecule has 7 atom stereocenters. The molecule has 2 rings (SSSR count). The molecule has 0 aliphatic heterocycles. The maximum absolute atomic E-state index is 13.8. The lowest BCUT2D eigenvalue weighted by molar-refractivity contribution is -0.130. The summed E-state index contributed by atoms with van der Waals surface area (Å²) in [6, 6.07) is -1.29. The molecule has 0 heterocycles. The van der Waals surface area contributed by atoms with Crippen LogP contribution in [0.4, 0.5) is 4.39 Å². The normalized spacial score (nSPS) is 36.8. The van der Waals surface area contributed by atoms with E-state index in [0.29, 0.717) is 5.57 Å². The van der Waals surface area contributed by atoms with Crippen molar-refractivity contribution >= 4 is 13.8 Å². The zero-order chi connectivity index (χ0) is 26.7. The first-order valence-corrected chi connectivity index (χ1v) is 12.0. The molecule has 1 amide bonds. The highest BCUT2D eigenvalue weighted by Gasteiger charge is 2.47. The van der Waals surface area contributed by atoms with Crippen LogP contribution in [0.5, 0.6) is 0 Å². The van der Waals surface area contributed by atoms with Crippen molar-refractivity contribution in [3.8, 4) is 0 Å². The van der Waals surface area contributed by atoms with Gasteiger partial charge in [-0.05, 0) is 68.5 Å². The van der Waals surface area contributed by atoms with Crippen LogP contribution in [-0.4, -0.2) is 70.3 Å². The summed E-state index contributed by atoms with van der Waals surface area (Å²) >= 11 is 0. The van der Waals surface area contributed by atoms with E-state index in [-0.39, 0.29) is 5.41 Å². The largest absolute Gasteiger partial charge is 0.391 e. The number of halogens is 1. The van der Waals surface area contributed by atoms with Gasteiger partial charge in [-0.1, -0.05) is 49.8 Å². The Bertz CT molecular complexity index is 933. The summed E-state index contributed by atoms with van der Waals surface area (Å²) in [5.74, 6) is -2.03. The van der Waals surface area contributed by atoms with E-state index >= 15 is 0 Å². The van der Waals surface area contributed by atoms with Gasteiger partial charge < -0.3 is 25.7 Å². The van der Waals surface area contributed by atoms with Crippen molar-refractivity contribution < 1.29 is 29.6 Å². The predicted octanol–water partition coefficient (Wildman–Crippen LogP) is 2.76. The van der Waals surface area contributed by atoms with Crippen molar-refractivity contribution in [3.05, 3.63) is 58.7 Å². The number of rotatable bonds is 6. The van der Waals surface area contributed by atoms with E-state index < -0.39 is 47.9 Å². The molecule has 8 heteroatoms. The van der Waals surface area contributed by atoms with Gasteiger partial charge in [-0.3, -0.25) is 4.79 Å². The van der Waals surface area contributed by atoms with Gasteiger partial charge in [0.25, 0.3) is 0 Å². The van der Waals surface area contributed by atoms with Crippen molar-refractivity contribution in [1.29, 1.82) is 0 Å². The molecule has 2 radical (unpaired) electrons. The number of aliphatic hydroxyl groups excluding tert-OH is 3. The van der Waals surface area contributed by atoms with Crippen LogP contribution in [0.1, 0.15) is 54.4 Å². The molecule has 7 unspecified atom stereocenters. The zero-order valence-corrected chi connectivity index (χ0v) is 21.5. The van der Waals surface area contributed by atoms with Crippen LogP contribution < -0.4 is 5.32 Å². The lowest BCUT2D eigenvalue weighted by Crippen LogP contribution is -2.63. The molecule has 0 bridgehead atoms. The Kier molecular flexibility index (Phi) is 9.50. The van der Waals surface area contributed by atoms with Gasteiger partial charge in [0.1, 0.15) is 18.4 Å². The summed E-state index contributed by atoms with van der Waals surface area (Å²) in [4.78, 5) is 12.3. The molecule has 1 saturated carbocycles. The number of aliphatic hydroxyl groups is 4. The second-order valence-electron chi connectivity index (χ2n) is 10.7. The Morgan fingerprint density at radius 1 is 1.06 bits per heavy atom. The number of hydrogen-bond acceptors (Lipinski definition) is 5. The minimum absolute atomic E-state index is 0.0177. The van der Waals surface area contributed by atoms with Crippen LogP contribution in [0.3, 0.4) is 0 Å². The highest BCUT2D eigenvalue weighted by atomic mass is 19.1. The zero-order valence-electron chi connectivity index (χ0n) is 21.5. The van der Waals surface area contributed by atoms with Gasteiger partial charge in [0, 0.05) is 6.08 Å². The Morgan fingerprint density at radius 2 is 1.69 bits per heavy atom. The van der Waals surface area contributed by atoms with Crippen LogP contribution >= 0.6 is 0 Å². The maximum atomic E-state index is 13.8. The van der Waals surface area contributed by atoms with Crippen molar-refractivity contribution in [3.63, 3.8) is 0 Å². The number of allylic oxidation sites excluding steroid dienone is 8. The molecule has 35 heavy (non-hydrogen) atoms. The maximum Gasteiger partial charge on any atom is 0.244 e. The summed E-state index contributed by atoms with van der Waals surface area (Å²) in [5, 5.41) is 42.9. The van der Waals surface area contributed by atoms with Crippen molar-refractivity contribution in [2.24, 2.45) is 5.41 Å². The van der Waals surface area contributed by atoms with Crippen LogP contribution in [0.2, 0.25) is 5.82 Å². The van der Waals surface area contributed by atoms with Gasteiger partial charge in [-0.25, -0.2) is 4.39 Å². The lowest BCUT2D eigenvalue weighted by Gasteiger charge is -2.42. The van der Waals surface area contributed by atoms with Crippen molar-refractivity contribution in [2.75, 3.05) is 0 Å². The third kappa shape index (κ3) is 7.03. The summed E-state index contributed by atoms with van der Waals surface area (Å²) < 4.78 is 13.8. The highest BCUT2D eigenvalue weighted by molar-refractivity contribution is 6.12. The Morgan fingerprint density at radius 3 is 2.31 bits per heavy atom. The molecular weight excluding hydrogens is 448 g/mol. The van der Waals surface area contributed by atoms with Gasteiger partial charge in [-0.2, -0.15) is 0 Å². The molecule has 0 aromatic rings. The fourth-order valence-corrected chi connectivity index (χ4v) is 4.54. The number of carbonyl (C=O) groups is 1. The molecular formula is C27H39BFNO5. The Labute approximate surface area is 209 Å². The monoisotopic (exact) mass is 487 g/mol. The van der Waals surface area contributed by atoms with Crippen LogP contribution in [-0.2, 0) is 4.79 Å². The Balaban J connectivity index is 2.04. The smallest absolute Gasteiger partial charge is 0.244 e. The first kappa shape index (κ1) is 29.2.